The molecular formula is C27H17BrF3N3O9. The van der Waals surface area contributed by atoms with Gasteiger partial charge in [0.25, 0.3) is 11.8 Å². The molecule has 0 bridgehead atoms. The van der Waals surface area contributed by atoms with Crippen LogP contribution in [0.5, 0.6) is 17.2 Å². The summed E-state index contributed by atoms with van der Waals surface area (Å²) in [5.41, 5.74) is -2.28. The number of anilines is 1. The Morgan fingerprint density at radius 3 is 2.28 bits per heavy atom. The third-order valence-electron chi connectivity index (χ3n) is 5.91. The molecule has 0 radical (unpaired) electrons. The van der Waals surface area contributed by atoms with Crippen molar-refractivity contribution in [1.82, 2.24) is 5.32 Å². The van der Waals surface area contributed by atoms with Crippen LogP contribution in [0.25, 0.3) is 6.08 Å². The summed E-state index contributed by atoms with van der Waals surface area (Å²) in [5, 5.41) is 13.5. The number of nitrogens with one attached hydrogen (secondary N) is 1. The number of amides is 4. The number of carbonyl (C=O) groups is 4. The number of ether oxygens (including phenoxy) is 3. The van der Waals surface area contributed by atoms with E-state index < -0.39 is 57.5 Å². The molecule has 0 atom stereocenters. The van der Waals surface area contributed by atoms with Gasteiger partial charge in [-0.25, -0.2) is 14.5 Å². The molecule has 4 rings (SSSR count). The fourth-order valence-electron chi connectivity index (χ4n) is 3.88. The first-order valence-electron chi connectivity index (χ1n) is 11.8. The zero-order valence-corrected chi connectivity index (χ0v) is 23.4. The second-order valence-electron chi connectivity index (χ2n) is 8.57. The monoisotopic (exact) mass is 663 g/mol. The van der Waals surface area contributed by atoms with Gasteiger partial charge in [-0.15, -0.1) is 0 Å². The van der Waals surface area contributed by atoms with Crippen molar-refractivity contribution in [2.45, 2.75) is 6.18 Å². The number of nitro benzene ring substituents is 1. The Kier molecular flexibility index (Phi) is 8.52. The number of rotatable bonds is 7. The number of barbiturate groups is 1. The van der Waals surface area contributed by atoms with Gasteiger partial charge in [0.1, 0.15) is 5.57 Å². The first kappa shape index (κ1) is 30.7. The number of benzene rings is 3. The van der Waals surface area contributed by atoms with E-state index in [9.17, 15) is 42.5 Å². The van der Waals surface area contributed by atoms with Crippen molar-refractivity contribution in [3.8, 4) is 17.2 Å². The number of halogens is 4. The largest absolute Gasteiger partial charge is 0.493 e. The first-order chi connectivity index (χ1) is 20.2. The molecule has 1 N–H and O–H groups in total. The second-order valence-corrected chi connectivity index (χ2v) is 9.42. The summed E-state index contributed by atoms with van der Waals surface area (Å²) < 4.78 is 54.8. The van der Waals surface area contributed by atoms with Crippen LogP contribution in [0, 0.1) is 10.1 Å². The molecule has 1 heterocycles. The smallest absolute Gasteiger partial charge is 0.416 e. The highest BCUT2D eigenvalue weighted by atomic mass is 79.9. The van der Waals surface area contributed by atoms with Gasteiger partial charge in [-0.1, -0.05) is 0 Å². The zero-order valence-electron chi connectivity index (χ0n) is 21.9. The minimum atomic E-state index is -4.83. The Morgan fingerprint density at radius 1 is 1.02 bits per heavy atom. The summed E-state index contributed by atoms with van der Waals surface area (Å²) in [7, 11) is 2.40. The number of esters is 1. The summed E-state index contributed by atoms with van der Waals surface area (Å²) in [6.07, 6.45) is -3.69. The van der Waals surface area contributed by atoms with E-state index in [0.717, 1.165) is 12.1 Å². The summed E-state index contributed by atoms with van der Waals surface area (Å²) in [5.74, 6) is -3.39. The van der Waals surface area contributed by atoms with Gasteiger partial charge in [0, 0.05) is 6.07 Å². The minimum absolute atomic E-state index is 0.0502. The molecule has 1 saturated heterocycles. The lowest BCUT2D eigenvalue weighted by Gasteiger charge is -2.26. The Balaban J connectivity index is 1.69. The number of urea groups is 1. The maximum absolute atomic E-state index is 13.2. The molecule has 1 aliphatic rings. The zero-order chi connectivity index (χ0) is 31.6. The second kappa shape index (κ2) is 11.9. The topological polar surface area (TPSA) is 154 Å². The quantitative estimate of drug-likeness (QED) is 0.111. The lowest BCUT2D eigenvalue weighted by Crippen LogP contribution is -2.54. The average molecular weight is 664 g/mol. The molecule has 1 aliphatic heterocycles. The third kappa shape index (κ3) is 6.33. The van der Waals surface area contributed by atoms with Gasteiger partial charge in [0.15, 0.2) is 11.5 Å². The van der Waals surface area contributed by atoms with E-state index in [2.05, 4.69) is 26.0 Å². The summed E-state index contributed by atoms with van der Waals surface area (Å²) >= 11 is 3.21. The molecule has 0 aliphatic carbocycles. The van der Waals surface area contributed by atoms with Crippen LogP contribution in [0.15, 0.2) is 64.6 Å². The Hall–Kier alpha value is -5.25. The SMILES string of the molecule is COC(=O)c1ccc(N2C(=O)NC(=O)/C(=C\c3cc(Br)c(Oc4ccc(C(F)(F)F)cc4[N+](=O)[O-])c(OC)c3)C2=O)cc1. The van der Waals surface area contributed by atoms with E-state index in [1.54, 1.807) is 0 Å². The van der Waals surface area contributed by atoms with Crippen molar-refractivity contribution in [2.75, 3.05) is 19.1 Å². The maximum Gasteiger partial charge on any atom is 0.416 e. The van der Waals surface area contributed by atoms with E-state index in [1.807, 2.05) is 0 Å². The highest BCUT2D eigenvalue weighted by Gasteiger charge is 2.37. The molecule has 0 unspecified atom stereocenters. The van der Waals surface area contributed by atoms with Crippen LogP contribution in [-0.2, 0) is 20.5 Å². The fourth-order valence-corrected chi connectivity index (χ4v) is 4.42. The number of hydrogen-bond donors (Lipinski definition) is 1. The van der Waals surface area contributed by atoms with Gasteiger partial charge < -0.3 is 14.2 Å². The predicted octanol–water partition coefficient (Wildman–Crippen LogP) is 5.63. The standard InChI is InChI=1S/C27H17BrF3N3O9/c1-41-21-11-13(10-18(28)22(21)43-20-8-5-15(27(29,30)31)12-19(20)34(39)40)9-17-23(35)32-26(38)33(24(17)36)16-6-3-14(4-7-16)25(37)42-2/h3-12H,1-2H3,(H,32,35,38)/b17-9+. The fraction of sp³-hybridized carbons (Fsp3) is 0.111. The number of alkyl halides is 3. The van der Waals surface area contributed by atoms with Gasteiger partial charge >= 0.3 is 23.9 Å². The number of imide groups is 2. The molecule has 1 fully saturated rings. The Morgan fingerprint density at radius 2 is 1.70 bits per heavy atom. The molecule has 0 saturated carbocycles. The number of nitrogens with zero attached hydrogens (tertiary/aromatic N) is 2. The van der Waals surface area contributed by atoms with Crippen LogP contribution >= 0.6 is 15.9 Å². The van der Waals surface area contributed by atoms with Gasteiger partial charge in [0.2, 0.25) is 5.75 Å². The number of methoxy groups -OCH3 is 2. The van der Waals surface area contributed by atoms with Gasteiger partial charge in [0.05, 0.1) is 40.4 Å². The van der Waals surface area contributed by atoms with Crippen LogP contribution in [0.1, 0.15) is 21.5 Å². The number of hydrogen-bond acceptors (Lipinski definition) is 9. The summed E-state index contributed by atoms with van der Waals surface area (Å²) in [6, 6.07) is 8.60. The van der Waals surface area contributed by atoms with E-state index in [1.165, 1.54) is 50.6 Å². The van der Waals surface area contributed by atoms with E-state index in [0.29, 0.717) is 17.0 Å². The Labute approximate surface area is 247 Å². The molecule has 4 amide bonds. The van der Waals surface area contributed by atoms with Gasteiger partial charge in [-0.05, 0) is 76.1 Å². The van der Waals surface area contributed by atoms with Gasteiger partial charge in [-0.2, -0.15) is 13.2 Å². The molecular weight excluding hydrogens is 647 g/mol. The third-order valence-corrected chi connectivity index (χ3v) is 6.50. The van der Waals surface area contributed by atoms with E-state index in [-0.39, 0.29) is 32.8 Å². The number of carbonyl (C=O) groups excluding carboxylic acids is 4. The molecule has 3 aromatic carbocycles. The van der Waals surface area contributed by atoms with Crippen LogP contribution in [-0.4, -0.2) is 43.0 Å². The summed E-state index contributed by atoms with van der Waals surface area (Å²) in [4.78, 5) is 61.2. The lowest BCUT2D eigenvalue weighted by atomic mass is 10.1. The highest BCUT2D eigenvalue weighted by molar-refractivity contribution is 9.10. The molecule has 43 heavy (non-hydrogen) atoms. The van der Waals surface area contributed by atoms with Crippen molar-refractivity contribution >= 4 is 57.2 Å². The van der Waals surface area contributed by atoms with E-state index >= 15 is 0 Å². The van der Waals surface area contributed by atoms with E-state index in [4.69, 9.17) is 9.47 Å². The maximum atomic E-state index is 13.2. The van der Waals surface area contributed by atoms with Crippen molar-refractivity contribution in [3.05, 3.63) is 91.4 Å². The molecule has 16 heteroatoms. The molecule has 0 aromatic heterocycles. The average Bonchev–Trinajstić information content (AvgIpc) is 2.95. The van der Waals surface area contributed by atoms with Crippen LogP contribution in [0.2, 0.25) is 0 Å². The molecule has 12 nitrogen and oxygen atoms in total. The van der Waals surface area contributed by atoms with Gasteiger partial charge in [-0.3, -0.25) is 25.0 Å². The Bertz CT molecular complexity index is 1710. The highest BCUT2D eigenvalue weighted by Crippen LogP contribution is 2.44. The first-order valence-corrected chi connectivity index (χ1v) is 12.5. The summed E-state index contributed by atoms with van der Waals surface area (Å²) in [6.45, 7) is 0. The van der Waals surface area contributed by atoms with Crippen LogP contribution in [0.4, 0.5) is 29.3 Å². The van der Waals surface area contributed by atoms with Crippen LogP contribution < -0.4 is 19.7 Å². The normalized spacial score (nSPS) is 14.4. The van der Waals surface area contributed by atoms with Crippen molar-refractivity contribution in [2.24, 2.45) is 0 Å². The van der Waals surface area contributed by atoms with Crippen molar-refractivity contribution < 1.29 is 51.5 Å². The molecule has 3 aromatic rings. The van der Waals surface area contributed by atoms with Crippen LogP contribution in [0.3, 0.4) is 0 Å². The minimum Gasteiger partial charge on any atom is -0.493 e. The van der Waals surface area contributed by atoms with Crippen molar-refractivity contribution in [3.63, 3.8) is 0 Å². The molecule has 222 valence electrons. The predicted molar refractivity (Wildman–Crippen MR) is 146 cm³/mol. The number of nitro groups is 1. The lowest BCUT2D eigenvalue weighted by molar-refractivity contribution is -0.385. The van der Waals surface area contributed by atoms with Crippen molar-refractivity contribution in [1.29, 1.82) is 0 Å². The molecule has 0 spiro atoms.